The van der Waals surface area contributed by atoms with Gasteiger partial charge in [0.1, 0.15) is 6.10 Å². The van der Waals surface area contributed by atoms with Gasteiger partial charge in [0, 0.05) is 81.9 Å². The molecule has 1 aliphatic heterocycles. The number of carbonyl (C=O) groups is 2. The summed E-state index contributed by atoms with van der Waals surface area (Å²) >= 11 is 0. The Morgan fingerprint density at radius 2 is 1.83 bits per heavy atom. The first-order chi connectivity index (χ1) is 20.4. The Balaban J connectivity index is 1.35. The van der Waals surface area contributed by atoms with E-state index in [-0.39, 0.29) is 24.0 Å². The summed E-state index contributed by atoms with van der Waals surface area (Å²) in [7, 11) is 3.22. The van der Waals surface area contributed by atoms with E-state index < -0.39 is 6.09 Å². The predicted molar refractivity (Wildman–Crippen MR) is 160 cm³/mol. The van der Waals surface area contributed by atoms with Gasteiger partial charge in [0.15, 0.2) is 11.5 Å². The minimum absolute atomic E-state index is 0.0535. The zero-order valence-corrected chi connectivity index (χ0v) is 24.9. The van der Waals surface area contributed by atoms with Crippen molar-refractivity contribution >= 4 is 12.0 Å². The number of rotatable bonds is 14. The van der Waals surface area contributed by atoms with Gasteiger partial charge >= 0.3 is 6.09 Å². The minimum Gasteiger partial charge on any atom is -0.493 e. The summed E-state index contributed by atoms with van der Waals surface area (Å²) in [4.78, 5) is 28.2. The molecule has 10 nitrogen and oxygen atoms in total. The fourth-order valence-electron chi connectivity index (χ4n) is 4.97. The van der Waals surface area contributed by atoms with Crippen molar-refractivity contribution < 1.29 is 28.5 Å². The molecule has 2 heterocycles. The van der Waals surface area contributed by atoms with E-state index in [0.29, 0.717) is 56.5 Å². The maximum atomic E-state index is 13.7. The molecule has 42 heavy (non-hydrogen) atoms. The van der Waals surface area contributed by atoms with Crippen LogP contribution in [0.25, 0.3) is 5.69 Å². The van der Waals surface area contributed by atoms with Crippen molar-refractivity contribution in [3.63, 3.8) is 0 Å². The van der Waals surface area contributed by atoms with Gasteiger partial charge in [-0.05, 0) is 61.9 Å². The van der Waals surface area contributed by atoms with Gasteiger partial charge in [-0.1, -0.05) is 12.1 Å². The number of benzene rings is 2. The van der Waals surface area contributed by atoms with Crippen LogP contribution >= 0.6 is 0 Å². The van der Waals surface area contributed by atoms with Gasteiger partial charge in [0.2, 0.25) is 0 Å². The van der Waals surface area contributed by atoms with Crippen LogP contribution in [-0.2, 0) is 16.0 Å². The van der Waals surface area contributed by atoms with Crippen LogP contribution in [0.3, 0.4) is 0 Å². The summed E-state index contributed by atoms with van der Waals surface area (Å²) in [5.41, 5.74) is 2.50. The molecule has 1 aliphatic rings. The standard InChI is InChI=1S/C32H42N4O6/c1-23(2)36(31(37)25-11-12-28(40-4)29(18-25)41-16-8-15-39-3)22-26-20-33-21-30(26)42-32(38)34-19-24-9-7-10-27(17-24)35-13-5-6-14-35/h5-7,9-14,17-18,23,26,30,33H,8,15-16,19-22H2,1-4H3,(H,34,38)/t26-,30+/m0/s1. The summed E-state index contributed by atoms with van der Waals surface area (Å²) in [6.45, 7) is 6.96. The predicted octanol–water partition coefficient (Wildman–Crippen LogP) is 4.27. The summed E-state index contributed by atoms with van der Waals surface area (Å²) in [6.07, 6.45) is 3.84. The van der Waals surface area contributed by atoms with Crippen LogP contribution in [0.5, 0.6) is 11.5 Å². The lowest BCUT2D eigenvalue weighted by Gasteiger charge is -2.31. The average Bonchev–Trinajstić information content (AvgIpc) is 3.69. The number of nitrogens with zero attached hydrogens (tertiary/aromatic N) is 2. The number of nitrogens with one attached hydrogen (secondary N) is 2. The van der Waals surface area contributed by atoms with E-state index in [2.05, 4.69) is 10.6 Å². The molecule has 2 amide bonds. The molecule has 0 spiro atoms. The number of hydrogen-bond acceptors (Lipinski definition) is 7. The van der Waals surface area contributed by atoms with Crippen molar-refractivity contribution in [1.29, 1.82) is 0 Å². The third-order valence-corrected chi connectivity index (χ3v) is 7.26. The normalized spacial score (nSPS) is 16.3. The van der Waals surface area contributed by atoms with E-state index >= 15 is 0 Å². The van der Waals surface area contributed by atoms with Crippen molar-refractivity contribution in [3.05, 3.63) is 78.1 Å². The van der Waals surface area contributed by atoms with Crippen molar-refractivity contribution in [2.24, 2.45) is 5.92 Å². The van der Waals surface area contributed by atoms with Gasteiger partial charge in [-0.25, -0.2) is 4.79 Å². The fourth-order valence-corrected chi connectivity index (χ4v) is 4.97. The maximum Gasteiger partial charge on any atom is 0.407 e. The second kappa shape index (κ2) is 15.3. The van der Waals surface area contributed by atoms with Crippen LogP contribution in [0.1, 0.15) is 36.2 Å². The fraction of sp³-hybridized carbons (Fsp3) is 0.438. The Bertz CT molecular complexity index is 1300. The largest absolute Gasteiger partial charge is 0.493 e. The lowest BCUT2D eigenvalue weighted by Crippen LogP contribution is -2.44. The Morgan fingerprint density at radius 1 is 1.02 bits per heavy atom. The van der Waals surface area contributed by atoms with E-state index in [1.807, 2.05) is 72.1 Å². The molecule has 1 fully saturated rings. The van der Waals surface area contributed by atoms with E-state index in [0.717, 1.165) is 17.7 Å². The molecule has 0 unspecified atom stereocenters. The smallest absolute Gasteiger partial charge is 0.407 e. The van der Waals surface area contributed by atoms with Crippen LogP contribution in [0.15, 0.2) is 67.0 Å². The Kier molecular flexibility index (Phi) is 11.2. The quantitative estimate of drug-likeness (QED) is 0.276. The van der Waals surface area contributed by atoms with Crippen molar-refractivity contribution in [2.75, 3.05) is 47.1 Å². The topological polar surface area (TPSA) is 103 Å². The van der Waals surface area contributed by atoms with E-state index in [4.69, 9.17) is 18.9 Å². The van der Waals surface area contributed by atoms with E-state index in [9.17, 15) is 9.59 Å². The van der Waals surface area contributed by atoms with Gasteiger partial charge in [0.25, 0.3) is 5.91 Å². The highest BCUT2D eigenvalue weighted by Crippen LogP contribution is 2.29. The number of ether oxygens (including phenoxy) is 4. The molecule has 1 aromatic heterocycles. The SMILES string of the molecule is COCCCOc1cc(C(=O)N(C[C@@H]2CNC[C@H]2OC(=O)NCc2cccc(-n3cccc3)c2)C(C)C)ccc1OC. The molecule has 0 bridgehead atoms. The van der Waals surface area contributed by atoms with E-state index in [1.165, 1.54) is 0 Å². The first-order valence-electron chi connectivity index (χ1n) is 14.4. The minimum atomic E-state index is -0.479. The third-order valence-electron chi connectivity index (χ3n) is 7.26. The molecule has 1 saturated heterocycles. The Labute approximate surface area is 247 Å². The van der Waals surface area contributed by atoms with Gasteiger partial charge in [-0.15, -0.1) is 0 Å². The van der Waals surface area contributed by atoms with Gasteiger partial charge in [0.05, 0.1) is 13.7 Å². The average molecular weight is 579 g/mol. The lowest BCUT2D eigenvalue weighted by atomic mass is 10.0. The molecule has 10 heteroatoms. The molecule has 2 atom stereocenters. The van der Waals surface area contributed by atoms with E-state index in [1.54, 1.807) is 32.4 Å². The van der Waals surface area contributed by atoms with Crippen molar-refractivity contribution in [2.45, 2.75) is 39.0 Å². The van der Waals surface area contributed by atoms with Crippen LogP contribution in [0, 0.1) is 5.92 Å². The first kappa shape index (κ1) is 30.9. The third kappa shape index (κ3) is 8.27. The van der Waals surface area contributed by atoms with Crippen LogP contribution in [-0.4, -0.2) is 80.7 Å². The highest BCUT2D eigenvalue weighted by molar-refractivity contribution is 5.95. The monoisotopic (exact) mass is 578 g/mol. The highest BCUT2D eigenvalue weighted by Gasteiger charge is 2.34. The Morgan fingerprint density at radius 3 is 2.57 bits per heavy atom. The summed E-state index contributed by atoms with van der Waals surface area (Å²) < 4.78 is 24.2. The molecule has 226 valence electrons. The number of carbonyl (C=O) groups excluding carboxylic acids is 2. The first-order valence-corrected chi connectivity index (χ1v) is 14.4. The molecule has 0 radical (unpaired) electrons. The zero-order valence-electron chi connectivity index (χ0n) is 24.9. The number of methoxy groups -OCH3 is 2. The molecule has 0 aliphatic carbocycles. The van der Waals surface area contributed by atoms with Gasteiger partial charge < -0.3 is 39.0 Å². The van der Waals surface area contributed by atoms with Crippen LogP contribution in [0.2, 0.25) is 0 Å². The molecular weight excluding hydrogens is 536 g/mol. The zero-order chi connectivity index (χ0) is 29.9. The Hall–Kier alpha value is -4.02. The van der Waals surface area contributed by atoms with Crippen molar-refractivity contribution in [1.82, 2.24) is 20.1 Å². The summed E-state index contributed by atoms with van der Waals surface area (Å²) in [5, 5.41) is 6.19. The lowest BCUT2D eigenvalue weighted by molar-refractivity contribution is 0.0521. The molecular formula is C32H42N4O6. The molecule has 0 saturated carbocycles. The number of hydrogen-bond donors (Lipinski definition) is 2. The number of alkyl carbamates (subject to hydrolysis) is 1. The van der Waals surface area contributed by atoms with Gasteiger partial charge in [-0.2, -0.15) is 0 Å². The molecule has 2 aromatic carbocycles. The van der Waals surface area contributed by atoms with Crippen LogP contribution in [0.4, 0.5) is 4.79 Å². The molecule has 2 N–H and O–H groups in total. The molecule has 4 rings (SSSR count). The van der Waals surface area contributed by atoms with Crippen LogP contribution < -0.4 is 20.1 Å². The second-order valence-electron chi connectivity index (χ2n) is 10.6. The highest BCUT2D eigenvalue weighted by atomic mass is 16.6. The summed E-state index contributed by atoms with van der Waals surface area (Å²) in [6, 6.07) is 17.1. The number of amides is 2. The van der Waals surface area contributed by atoms with Gasteiger partial charge in [-0.3, -0.25) is 4.79 Å². The second-order valence-corrected chi connectivity index (χ2v) is 10.6. The van der Waals surface area contributed by atoms with Crippen molar-refractivity contribution in [3.8, 4) is 17.2 Å². The molecule has 3 aromatic rings. The summed E-state index contributed by atoms with van der Waals surface area (Å²) in [5.74, 6) is 0.910. The number of aromatic nitrogens is 1. The maximum absolute atomic E-state index is 13.7.